The fourth-order valence-corrected chi connectivity index (χ4v) is 4.28. The molecule has 2 aliphatic rings. The molecule has 154 valence electrons. The number of hydrogen-bond acceptors (Lipinski definition) is 4. The van der Waals surface area contributed by atoms with Crippen LogP contribution in [-0.2, 0) is 16.0 Å². The fraction of sp³-hybridized carbons (Fsp3) is 0.545. The molecule has 1 saturated carbocycles. The molecule has 4 amide bonds. The number of rotatable bonds is 4. The van der Waals surface area contributed by atoms with Gasteiger partial charge in [-0.3, -0.25) is 14.5 Å². The molecule has 0 unspecified atom stereocenters. The third-order valence-corrected chi connectivity index (χ3v) is 6.13. The molecule has 1 aromatic carbocycles. The van der Waals surface area contributed by atoms with Crippen LogP contribution < -0.4 is 10.6 Å². The van der Waals surface area contributed by atoms with E-state index in [9.17, 15) is 14.4 Å². The molecular weight excluding hydrogens is 368 g/mol. The van der Waals surface area contributed by atoms with Gasteiger partial charge in [0.05, 0.1) is 12.5 Å². The SMILES string of the molecule is CC(C)(C)C1CCC2(CC1)NC(=O)N(CC(=O)Nc1ccc(CC#N)cc1)C2=O. The van der Waals surface area contributed by atoms with Gasteiger partial charge in [-0.25, -0.2) is 4.79 Å². The van der Waals surface area contributed by atoms with E-state index in [-0.39, 0.29) is 17.9 Å². The normalized spacial score (nSPS) is 24.3. The third-order valence-electron chi connectivity index (χ3n) is 6.13. The summed E-state index contributed by atoms with van der Waals surface area (Å²) in [6.07, 6.45) is 3.28. The van der Waals surface area contributed by atoms with Gasteiger partial charge in [0.2, 0.25) is 5.91 Å². The van der Waals surface area contributed by atoms with Crippen LogP contribution in [0, 0.1) is 22.7 Å². The summed E-state index contributed by atoms with van der Waals surface area (Å²) in [7, 11) is 0. The highest BCUT2D eigenvalue weighted by Gasteiger charge is 2.53. The lowest BCUT2D eigenvalue weighted by Gasteiger charge is -2.40. The van der Waals surface area contributed by atoms with Crippen molar-refractivity contribution in [2.24, 2.45) is 11.3 Å². The summed E-state index contributed by atoms with van der Waals surface area (Å²) >= 11 is 0. The second-order valence-electron chi connectivity index (χ2n) is 9.12. The molecular formula is C22H28N4O3. The Bertz CT molecular complexity index is 840. The van der Waals surface area contributed by atoms with Crippen LogP contribution in [0.4, 0.5) is 10.5 Å². The maximum absolute atomic E-state index is 13.0. The molecule has 0 bridgehead atoms. The number of nitriles is 1. The zero-order valence-electron chi connectivity index (χ0n) is 17.2. The van der Waals surface area contributed by atoms with E-state index in [1.807, 2.05) is 0 Å². The average Bonchev–Trinajstić information content (AvgIpc) is 2.87. The highest BCUT2D eigenvalue weighted by molar-refractivity contribution is 6.10. The molecule has 1 saturated heterocycles. The van der Waals surface area contributed by atoms with Crippen molar-refractivity contribution in [2.45, 2.75) is 58.4 Å². The number of nitrogens with zero attached hydrogens (tertiary/aromatic N) is 2. The lowest BCUT2D eigenvalue weighted by molar-refractivity contribution is -0.135. The summed E-state index contributed by atoms with van der Waals surface area (Å²) in [6, 6.07) is 8.49. The average molecular weight is 396 g/mol. The van der Waals surface area contributed by atoms with E-state index in [4.69, 9.17) is 5.26 Å². The zero-order chi connectivity index (χ0) is 21.2. The molecule has 2 N–H and O–H groups in total. The number of nitrogens with one attached hydrogen (secondary N) is 2. The first-order valence-corrected chi connectivity index (χ1v) is 10.0. The monoisotopic (exact) mass is 396 g/mol. The summed E-state index contributed by atoms with van der Waals surface area (Å²) in [5.41, 5.74) is 0.727. The van der Waals surface area contributed by atoms with Gasteiger partial charge in [0.1, 0.15) is 12.1 Å². The van der Waals surface area contributed by atoms with Crippen LogP contribution in [0.1, 0.15) is 52.0 Å². The smallest absolute Gasteiger partial charge is 0.325 e. The quantitative estimate of drug-likeness (QED) is 0.763. The number of anilines is 1. The molecule has 2 fully saturated rings. The Morgan fingerprint density at radius 2 is 1.86 bits per heavy atom. The highest BCUT2D eigenvalue weighted by atomic mass is 16.2. The number of imide groups is 1. The highest BCUT2D eigenvalue weighted by Crippen LogP contribution is 2.43. The van der Waals surface area contributed by atoms with Crippen LogP contribution in [0.15, 0.2) is 24.3 Å². The molecule has 1 aromatic rings. The zero-order valence-corrected chi connectivity index (χ0v) is 17.2. The molecule has 29 heavy (non-hydrogen) atoms. The minimum Gasteiger partial charge on any atom is -0.325 e. The van der Waals surface area contributed by atoms with Crippen LogP contribution in [0.3, 0.4) is 0 Å². The van der Waals surface area contributed by atoms with E-state index in [1.54, 1.807) is 24.3 Å². The first kappa shape index (κ1) is 20.8. The van der Waals surface area contributed by atoms with Gasteiger partial charge in [0, 0.05) is 5.69 Å². The van der Waals surface area contributed by atoms with Crippen molar-refractivity contribution in [3.8, 4) is 6.07 Å². The van der Waals surface area contributed by atoms with Crippen LogP contribution in [0.2, 0.25) is 0 Å². The maximum Gasteiger partial charge on any atom is 0.325 e. The molecule has 7 heteroatoms. The molecule has 1 heterocycles. The first-order chi connectivity index (χ1) is 13.6. The molecule has 0 atom stereocenters. The van der Waals surface area contributed by atoms with Crippen molar-refractivity contribution < 1.29 is 14.4 Å². The summed E-state index contributed by atoms with van der Waals surface area (Å²) in [6.45, 7) is 6.30. The molecule has 1 spiro atoms. The summed E-state index contributed by atoms with van der Waals surface area (Å²) in [5, 5.41) is 14.3. The molecule has 1 aliphatic carbocycles. The van der Waals surface area contributed by atoms with E-state index in [0.29, 0.717) is 30.9 Å². The van der Waals surface area contributed by atoms with Gasteiger partial charge < -0.3 is 10.6 Å². The fourth-order valence-electron chi connectivity index (χ4n) is 4.28. The van der Waals surface area contributed by atoms with E-state index in [2.05, 4.69) is 37.5 Å². The number of benzene rings is 1. The number of urea groups is 1. The van der Waals surface area contributed by atoms with Crippen molar-refractivity contribution in [3.05, 3.63) is 29.8 Å². The van der Waals surface area contributed by atoms with E-state index < -0.39 is 17.5 Å². The largest absolute Gasteiger partial charge is 0.325 e. The van der Waals surface area contributed by atoms with Gasteiger partial charge in [-0.05, 0) is 54.7 Å². The van der Waals surface area contributed by atoms with Crippen molar-refractivity contribution in [2.75, 3.05) is 11.9 Å². The van der Waals surface area contributed by atoms with Crippen LogP contribution in [0.5, 0.6) is 0 Å². The van der Waals surface area contributed by atoms with Crippen LogP contribution in [0.25, 0.3) is 0 Å². The molecule has 3 rings (SSSR count). The lowest BCUT2D eigenvalue weighted by Crippen LogP contribution is -2.50. The van der Waals surface area contributed by atoms with Gasteiger partial charge in [-0.1, -0.05) is 32.9 Å². The Balaban J connectivity index is 1.60. The predicted octanol–water partition coefficient (Wildman–Crippen LogP) is 3.22. The minimum atomic E-state index is -0.863. The summed E-state index contributed by atoms with van der Waals surface area (Å²) < 4.78 is 0. The molecule has 7 nitrogen and oxygen atoms in total. The first-order valence-electron chi connectivity index (χ1n) is 10.0. The molecule has 1 aliphatic heterocycles. The van der Waals surface area contributed by atoms with Crippen molar-refractivity contribution >= 4 is 23.5 Å². The number of carbonyl (C=O) groups excluding carboxylic acids is 3. The number of carbonyl (C=O) groups is 3. The second kappa shape index (κ2) is 7.86. The standard InChI is InChI=1S/C22H28N4O3/c1-21(2,3)16-8-11-22(12-9-16)19(28)26(20(29)25-22)14-18(27)24-17-6-4-15(5-7-17)10-13-23/h4-7,16H,8-12,14H2,1-3H3,(H,24,27)(H,25,29). The Hall–Kier alpha value is -2.88. The Morgan fingerprint density at radius 3 is 2.41 bits per heavy atom. The van der Waals surface area contributed by atoms with Gasteiger partial charge in [0.25, 0.3) is 5.91 Å². The van der Waals surface area contributed by atoms with E-state index >= 15 is 0 Å². The summed E-state index contributed by atoms with van der Waals surface area (Å²) in [4.78, 5) is 38.8. The molecule has 0 radical (unpaired) electrons. The van der Waals surface area contributed by atoms with Crippen molar-refractivity contribution in [3.63, 3.8) is 0 Å². The van der Waals surface area contributed by atoms with E-state index in [1.165, 1.54) is 0 Å². The Kier molecular flexibility index (Phi) is 5.65. The Morgan fingerprint density at radius 1 is 1.24 bits per heavy atom. The lowest BCUT2D eigenvalue weighted by atomic mass is 9.67. The third kappa shape index (κ3) is 4.42. The second-order valence-corrected chi connectivity index (χ2v) is 9.12. The number of amides is 4. The molecule has 0 aromatic heterocycles. The van der Waals surface area contributed by atoms with E-state index in [0.717, 1.165) is 23.3 Å². The Labute approximate surface area is 171 Å². The van der Waals surface area contributed by atoms with Crippen LogP contribution >= 0.6 is 0 Å². The number of hydrogen-bond donors (Lipinski definition) is 2. The van der Waals surface area contributed by atoms with Gasteiger partial charge in [0.15, 0.2) is 0 Å². The van der Waals surface area contributed by atoms with Gasteiger partial charge in [-0.2, -0.15) is 5.26 Å². The summed E-state index contributed by atoms with van der Waals surface area (Å²) in [5.74, 6) is -0.212. The van der Waals surface area contributed by atoms with Gasteiger partial charge >= 0.3 is 6.03 Å². The topological polar surface area (TPSA) is 102 Å². The maximum atomic E-state index is 13.0. The van der Waals surface area contributed by atoms with Crippen molar-refractivity contribution in [1.82, 2.24) is 10.2 Å². The van der Waals surface area contributed by atoms with Crippen LogP contribution in [-0.4, -0.2) is 34.8 Å². The predicted molar refractivity (Wildman–Crippen MR) is 109 cm³/mol. The van der Waals surface area contributed by atoms with Gasteiger partial charge in [-0.15, -0.1) is 0 Å². The van der Waals surface area contributed by atoms with Crippen molar-refractivity contribution in [1.29, 1.82) is 5.26 Å². The minimum absolute atomic E-state index is 0.176.